The van der Waals surface area contributed by atoms with Crippen molar-refractivity contribution in [3.8, 4) is 0 Å². The molecular weight excluding hydrogens is 184 g/mol. The molecule has 2 aliphatic carbocycles. The third-order valence-corrected chi connectivity index (χ3v) is 3.64. The minimum Gasteiger partial charge on any atom is -0.383 e. The van der Waals surface area contributed by atoms with Gasteiger partial charge in [-0.3, -0.25) is 0 Å². The van der Waals surface area contributed by atoms with Crippen LogP contribution in [0.25, 0.3) is 0 Å². The summed E-state index contributed by atoms with van der Waals surface area (Å²) in [6, 6.07) is 6.75. The predicted molar refractivity (Wildman–Crippen MR) is 63.1 cm³/mol. The molecule has 0 aliphatic heterocycles. The second-order valence-corrected chi connectivity index (χ2v) is 5.05. The lowest BCUT2D eigenvalue weighted by molar-refractivity contribution is 0.713. The molecule has 0 saturated heterocycles. The van der Waals surface area contributed by atoms with Gasteiger partial charge >= 0.3 is 0 Å². The van der Waals surface area contributed by atoms with Gasteiger partial charge in [0.2, 0.25) is 0 Å². The van der Waals surface area contributed by atoms with Crippen molar-refractivity contribution in [1.29, 1.82) is 0 Å². The van der Waals surface area contributed by atoms with E-state index >= 15 is 0 Å². The summed E-state index contributed by atoms with van der Waals surface area (Å²) in [5.74, 6) is 0. The van der Waals surface area contributed by atoms with Crippen LogP contribution in [0.3, 0.4) is 0 Å². The van der Waals surface area contributed by atoms with Crippen molar-refractivity contribution >= 4 is 5.69 Å². The van der Waals surface area contributed by atoms with Crippen molar-refractivity contribution < 1.29 is 0 Å². The highest BCUT2D eigenvalue weighted by atomic mass is 15.0. The maximum Gasteiger partial charge on any atom is 0.0343 e. The Balaban J connectivity index is 1.70. The largest absolute Gasteiger partial charge is 0.383 e. The van der Waals surface area contributed by atoms with Gasteiger partial charge in [-0.2, -0.15) is 0 Å². The van der Waals surface area contributed by atoms with E-state index in [1.54, 1.807) is 0 Å². The second kappa shape index (κ2) is 3.24. The van der Waals surface area contributed by atoms with E-state index in [2.05, 4.69) is 23.5 Å². The van der Waals surface area contributed by atoms with Crippen LogP contribution in [0.5, 0.6) is 0 Å². The standard InChI is InChI=1S/C13H18N2/c14-13(6-7-13)9-15-12-5-4-10-2-1-3-11(10)8-12/h4-5,8,15H,1-3,6-7,9,14H2. The van der Waals surface area contributed by atoms with E-state index in [4.69, 9.17) is 5.73 Å². The van der Waals surface area contributed by atoms with E-state index in [1.165, 1.54) is 48.9 Å². The quantitative estimate of drug-likeness (QED) is 0.787. The van der Waals surface area contributed by atoms with E-state index in [0.29, 0.717) is 0 Å². The van der Waals surface area contributed by atoms with Crippen LogP contribution < -0.4 is 11.1 Å². The molecule has 0 atom stereocenters. The van der Waals surface area contributed by atoms with Crippen LogP contribution in [-0.2, 0) is 12.8 Å². The molecule has 2 nitrogen and oxygen atoms in total. The van der Waals surface area contributed by atoms with Gasteiger partial charge in [-0.15, -0.1) is 0 Å². The first kappa shape index (κ1) is 9.22. The lowest BCUT2D eigenvalue weighted by Gasteiger charge is -2.12. The van der Waals surface area contributed by atoms with Gasteiger partial charge in [0.1, 0.15) is 0 Å². The first-order chi connectivity index (χ1) is 7.25. The number of nitrogens with one attached hydrogen (secondary N) is 1. The van der Waals surface area contributed by atoms with Crippen LogP contribution in [0.4, 0.5) is 5.69 Å². The SMILES string of the molecule is NC1(CNc2ccc3c(c2)CCC3)CC1. The number of benzene rings is 1. The molecule has 3 N–H and O–H groups in total. The third-order valence-electron chi connectivity index (χ3n) is 3.64. The lowest BCUT2D eigenvalue weighted by Crippen LogP contribution is -2.31. The highest BCUT2D eigenvalue weighted by Crippen LogP contribution is 2.32. The van der Waals surface area contributed by atoms with Crippen molar-refractivity contribution in [3.05, 3.63) is 29.3 Å². The Morgan fingerprint density at radius 1 is 1.20 bits per heavy atom. The number of fused-ring (bicyclic) bond motifs is 1. The maximum absolute atomic E-state index is 6.04. The molecule has 0 amide bonds. The fourth-order valence-corrected chi connectivity index (χ4v) is 2.30. The zero-order chi connectivity index (χ0) is 10.3. The zero-order valence-electron chi connectivity index (χ0n) is 9.05. The van der Waals surface area contributed by atoms with Gasteiger partial charge in [-0.1, -0.05) is 6.07 Å². The van der Waals surface area contributed by atoms with Crippen LogP contribution in [0.15, 0.2) is 18.2 Å². The molecule has 15 heavy (non-hydrogen) atoms. The number of nitrogens with two attached hydrogens (primary N) is 1. The van der Waals surface area contributed by atoms with Crippen LogP contribution in [0.1, 0.15) is 30.4 Å². The average Bonchev–Trinajstić information content (AvgIpc) is 2.80. The first-order valence-electron chi connectivity index (χ1n) is 5.90. The maximum atomic E-state index is 6.04. The smallest absolute Gasteiger partial charge is 0.0343 e. The molecule has 1 aromatic carbocycles. The number of hydrogen-bond acceptors (Lipinski definition) is 2. The van der Waals surface area contributed by atoms with Crippen molar-refractivity contribution in [2.75, 3.05) is 11.9 Å². The van der Waals surface area contributed by atoms with Gasteiger partial charge in [0.25, 0.3) is 0 Å². The Bertz CT molecular complexity index is 380. The van der Waals surface area contributed by atoms with Gasteiger partial charge in [0.05, 0.1) is 0 Å². The molecule has 3 rings (SSSR count). The fourth-order valence-electron chi connectivity index (χ4n) is 2.30. The van der Waals surface area contributed by atoms with Crippen LogP contribution in [0.2, 0.25) is 0 Å². The van der Waals surface area contributed by atoms with Crippen LogP contribution >= 0.6 is 0 Å². The monoisotopic (exact) mass is 202 g/mol. The molecule has 0 heterocycles. The summed E-state index contributed by atoms with van der Waals surface area (Å²) in [6.07, 6.45) is 6.17. The Morgan fingerprint density at radius 2 is 2.00 bits per heavy atom. The highest BCUT2D eigenvalue weighted by Gasteiger charge is 2.37. The van der Waals surface area contributed by atoms with Crippen LogP contribution in [-0.4, -0.2) is 12.1 Å². The third kappa shape index (κ3) is 1.86. The summed E-state index contributed by atoms with van der Waals surface area (Å²) < 4.78 is 0. The van der Waals surface area contributed by atoms with E-state index in [0.717, 1.165) is 6.54 Å². The summed E-state index contributed by atoms with van der Waals surface area (Å²) in [5.41, 5.74) is 10.4. The van der Waals surface area contributed by atoms with E-state index in [9.17, 15) is 0 Å². The number of aryl methyl sites for hydroxylation is 2. The number of anilines is 1. The topological polar surface area (TPSA) is 38.0 Å². The summed E-state index contributed by atoms with van der Waals surface area (Å²) >= 11 is 0. The van der Waals surface area contributed by atoms with Gasteiger partial charge in [-0.05, 0) is 55.4 Å². The molecule has 0 aromatic heterocycles. The molecule has 1 fully saturated rings. The summed E-state index contributed by atoms with van der Waals surface area (Å²) in [6.45, 7) is 0.922. The first-order valence-corrected chi connectivity index (χ1v) is 5.90. The minimum absolute atomic E-state index is 0.0962. The van der Waals surface area contributed by atoms with Crippen molar-refractivity contribution in [1.82, 2.24) is 0 Å². The zero-order valence-corrected chi connectivity index (χ0v) is 9.05. The molecule has 2 aliphatic rings. The summed E-state index contributed by atoms with van der Waals surface area (Å²) in [7, 11) is 0. The fraction of sp³-hybridized carbons (Fsp3) is 0.538. The van der Waals surface area contributed by atoms with Gasteiger partial charge in [0, 0.05) is 17.8 Å². The molecule has 80 valence electrons. The number of hydrogen-bond donors (Lipinski definition) is 2. The Hall–Kier alpha value is -1.02. The Morgan fingerprint density at radius 3 is 2.80 bits per heavy atom. The van der Waals surface area contributed by atoms with Gasteiger partial charge in [0.15, 0.2) is 0 Å². The van der Waals surface area contributed by atoms with Crippen molar-refractivity contribution in [3.63, 3.8) is 0 Å². The number of rotatable bonds is 3. The molecule has 0 unspecified atom stereocenters. The molecule has 0 radical (unpaired) electrons. The molecule has 1 saturated carbocycles. The molecule has 1 aromatic rings. The van der Waals surface area contributed by atoms with Gasteiger partial charge in [-0.25, -0.2) is 0 Å². The average molecular weight is 202 g/mol. The lowest BCUT2D eigenvalue weighted by atomic mass is 10.1. The Kier molecular flexibility index (Phi) is 1.99. The van der Waals surface area contributed by atoms with Crippen LogP contribution in [0, 0.1) is 0 Å². The van der Waals surface area contributed by atoms with E-state index < -0.39 is 0 Å². The molecule has 0 spiro atoms. The van der Waals surface area contributed by atoms with E-state index in [1.807, 2.05) is 0 Å². The highest BCUT2D eigenvalue weighted by molar-refractivity contribution is 5.50. The van der Waals surface area contributed by atoms with Gasteiger partial charge < -0.3 is 11.1 Å². The summed E-state index contributed by atoms with van der Waals surface area (Å²) in [4.78, 5) is 0. The normalized spacial score (nSPS) is 21.1. The molecular formula is C13H18N2. The van der Waals surface area contributed by atoms with Crippen molar-refractivity contribution in [2.45, 2.75) is 37.6 Å². The van der Waals surface area contributed by atoms with Crippen molar-refractivity contribution in [2.24, 2.45) is 5.73 Å². The summed E-state index contributed by atoms with van der Waals surface area (Å²) in [5, 5.41) is 3.45. The predicted octanol–water partition coefficient (Wildman–Crippen LogP) is 2.08. The van der Waals surface area contributed by atoms with E-state index in [-0.39, 0.29) is 5.54 Å². The second-order valence-electron chi connectivity index (χ2n) is 5.05. The Labute approximate surface area is 90.9 Å². The minimum atomic E-state index is 0.0962. The molecule has 0 bridgehead atoms. The molecule has 2 heteroatoms.